The normalized spacial score (nSPS) is 25.8. The second kappa shape index (κ2) is 14.0. The van der Waals surface area contributed by atoms with Gasteiger partial charge in [-0.15, -0.1) is 0 Å². The lowest BCUT2D eigenvalue weighted by atomic mass is 9.49. The van der Waals surface area contributed by atoms with Gasteiger partial charge in [-0.05, 0) is 87.1 Å². The van der Waals surface area contributed by atoms with E-state index in [0.717, 1.165) is 16.1 Å². The van der Waals surface area contributed by atoms with E-state index in [-0.39, 0.29) is 47.7 Å². The SMILES string of the molecule is COc1ccc(C23C(=O)N(Nc4ccc(Cl)cc4Cl)C(=O)C2CC2C(=CCC4C(=O)N(C(C)(C)C)C(=O)C42)C3c2ccc(OCc3ccccc3)cc2O)cc1. The molecule has 3 fully saturated rings. The number of rotatable bonds is 8. The Hall–Kier alpha value is -5.32. The standard InChI is InChI=1S/C44H41Cl2N3O7/c1-43(2,3)48-39(51)31-18-17-29-32(37(31)41(48)53)22-33-40(52)49(47-35-19-12-26(45)20-34(35)46)42(54)44(33,25-10-13-27(55-4)14-11-25)38(29)30-16-15-28(21-36(30)50)56-23-24-8-6-5-7-9-24/h5-17,19-21,31-33,37-38,47,50H,18,22-23H2,1-4H3. The number of ether oxygens (including phenoxy) is 2. The van der Waals surface area contributed by atoms with Crippen LogP contribution in [0.5, 0.6) is 17.2 Å². The van der Waals surface area contributed by atoms with Crippen LogP contribution in [0.2, 0.25) is 10.0 Å². The van der Waals surface area contributed by atoms with E-state index in [4.69, 9.17) is 32.7 Å². The Balaban J connectivity index is 1.32. The molecule has 1 saturated carbocycles. The Bertz CT molecular complexity index is 2290. The maximum absolute atomic E-state index is 15.5. The molecule has 0 radical (unpaired) electrons. The minimum absolute atomic E-state index is 0.0999. The number of phenols is 1. The van der Waals surface area contributed by atoms with Crippen LogP contribution < -0.4 is 14.9 Å². The van der Waals surface area contributed by atoms with Crippen LogP contribution in [0, 0.1) is 23.7 Å². The van der Waals surface area contributed by atoms with Crippen LogP contribution >= 0.6 is 23.2 Å². The number of hydrogen-bond acceptors (Lipinski definition) is 8. The van der Waals surface area contributed by atoms with E-state index in [0.29, 0.717) is 27.6 Å². The van der Waals surface area contributed by atoms with Gasteiger partial charge in [0.25, 0.3) is 11.8 Å². The Morgan fingerprint density at radius 3 is 2.23 bits per heavy atom. The summed E-state index contributed by atoms with van der Waals surface area (Å²) in [6.45, 7) is 5.75. The highest BCUT2D eigenvalue weighted by Crippen LogP contribution is 2.65. The highest BCUT2D eigenvalue weighted by Gasteiger charge is 2.71. The van der Waals surface area contributed by atoms with Gasteiger partial charge in [-0.3, -0.25) is 29.5 Å². The number of aromatic hydroxyl groups is 1. The highest BCUT2D eigenvalue weighted by atomic mass is 35.5. The van der Waals surface area contributed by atoms with E-state index < -0.39 is 52.4 Å². The predicted molar refractivity (Wildman–Crippen MR) is 211 cm³/mol. The number of nitrogens with one attached hydrogen (secondary N) is 1. The van der Waals surface area contributed by atoms with E-state index in [2.05, 4.69) is 5.43 Å². The number of hydrogen-bond donors (Lipinski definition) is 2. The fraction of sp³-hybridized carbons (Fsp3) is 0.318. The van der Waals surface area contributed by atoms with Crippen LogP contribution in [-0.4, -0.2) is 51.3 Å². The average Bonchev–Trinajstić information content (AvgIpc) is 3.56. The smallest absolute Gasteiger partial charge is 0.260 e. The molecule has 0 spiro atoms. The van der Waals surface area contributed by atoms with Crippen LogP contribution in [-0.2, 0) is 31.2 Å². The molecule has 4 aromatic carbocycles. The topological polar surface area (TPSA) is 125 Å². The lowest BCUT2D eigenvalue weighted by Crippen LogP contribution is -2.53. The number of nitrogens with zero attached hydrogens (tertiary/aromatic N) is 2. The van der Waals surface area contributed by atoms with Gasteiger partial charge in [0.05, 0.1) is 41.0 Å². The van der Waals surface area contributed by atoms with Crippen molar-refractivity contribution in [3.63, 3.8) is 0 Å². The Kier molecular flexibility index (Phi) is 9.40. The van der Waals surface area contributed by atoms with Crippen molar-refractivity contribution in [1.29, 1.82) is 0 Å². The van der Waals surface area contributed by atoms with Gasteiger partial charge in [-0.1, -0.05) is 83.4 Å². The molecule has 4 amide bonds. The number of allylic oxidation sites excluding steroid dienone is 2. The van der Waals surface area contributed by atoms with E-state index in [1.807, 2.05) is 57.2 Å². The first kappa shape index (κ1) is 37.6. The molecule has 6 unspecified atom stereocenters. The summed E-state index contributed by atoms with van der Waals surface area (Å²) in [6, 6.07) is 26.3. The van der Waals surface area contributed by atoms with Crippen molar-refractivity contribution < 1.29 is 33.8 Å². The zero-order valence-corrected chi connectivity index (χ0v) is 32.8. The van der Waals surface area contributed by atoms with E-state index >= 15 is 4.79 Å². The molecule has 12 heteroatoms. The summed E-state index contributed by atoms with van der Waals surface area (Å²) in [5.74, 6) is -4.79. The summed E-state index contributed by atoms with van der Waals surface area (Å²) in [4.78, 5) is 60.2. The minimum Gasteiger partial charge on any atom is -0.508 e. The first-order valence-electron chi connectivity index (χ1n) is 18.6. The Morgan fingerprint density at radius 2 is 1.57 bits per heavy atom. The maximum atomic E-state index is 15.5. The molecule has 10 nitrogen and oxygen atoms in total. The molecular weight excluding hydrogens is 753 g/mol. The maximum Gasteiger partial charge on any atom is 0.260 e. The van der Waals surface area contributed by atoms with Gasteiger partial charge >= 0.3 is 0 Å². The number of benzene rings is 4. The number of carbonyl (C=O) groups excluding carboxylic acids is 4. The second-order valence-corrected chi connectivity index (χ2v) is 16.7. The molecule has 4 aromatic rings. The second-order valence-electron chi connectivity index (χ2n) is 15.9. The summed E-state index contributed by atoms with van der Waals surface area (Å²) in [5.41, 5.74) is 3.46. The lowest BCUT2D eigenvalue weighted by molar-refractivity contribution is -0.146. The number of phenolic OH excluding ortho intramolecular Hbond substituents is 1. The first-order chi connectivity index (χ1) is 26.7. The fourth-order valence-corrected chi connectivity index (χ4v) is 9.90. The van der Waals surface area contributed by atoms with Crippen molar-refractivity contribution >= 4 is 52.5 Å². The van der Waals surface area contributed by atoms with Crippen molar-refractivity contribution in [1.82, 2.24) is 9.91 Å². The molecule has 8 rings (SSSR count). The van der Waals surface area contributed by atoms with Crippen LogP contribution in [0.1, 0.15) is 56.2 Å². The zero-order chi connectivity index (χ0) is 39.7. The van der Waals surface area contributed by atoms with Gasteiger partial charge in [-0.2, -0.15) is 5.01 Å². The molecule has 56 heavy (non-hydrogen) atoms. The number of amides is 4. The van der Waals surface area contributed by atoms with Gasteiger partial charge < -0.3 is 14.6 Å². The monoisotopic (exact) mass is 793 g/mol. The lowest BCUT2D eigenvalue weighted by Gasteiger charge is -2.50. The number of hydrazine groups is 1. The molecule has 0 aromatic heterocycles. The largest absolute Gasteiger partial charge is 0.508 e. The van der Waals surface area contributed by atoms with Crippen LogP contribution in [0.15, 0.2) is 103 Å². The minimum atomic E-state index is -1.62. The van der Waals surface area contributed by atoms with Gasteiger partial charge in [0, 0.05) is 28.1 Å². The number of methoxy groups -OCH3 is 1. The fourth-order valence-electron chi connectivity index (χ4n) is 9.45. The van der Waals surface area contributed by atoms with Gasteiger partial charge in [-0.25, -0.2) is 0 Å². The van der Waals surface area contributed by atoms with Crippen molar-refractivity contribution in [3.05, 3.63) is 129 Å². The van der Waals surface area contributed by atoms with Gasteiger partial charge in [0.15, 0.2) is 0 Å². The van der Waals surface area contributed by atoms with Gasteiger partial charge in [0.1, 0.15) is 23.9 Å². The summed E-state index contributed by atoms with van der Waals surface area (Å²) in [6.07, 6.45) is 2.32. The molecule has 0 bridgehead atoms. The van der Waals surface area contributed by atoms with Crippen molar-refractivity contribution in [3.8, 4) is 17.2 Å². The summed E-state index contributed by atoms with van der Waals surface area (Å²) in [7, 11) is 1.54. The van der Waals surface area contributed by atoms with Crippen molar-refractivity contribution in [2.75, 3.05) is 12.5 Å². The summed E-state index contributed by atoms with van der Waals surface area (Å²) >= 11 is 12.8. The first-order valence-corrected chi connectivity index (χ1v) is 19.3. The highest BCUT2D eigenvalue weighted by molar-refractivity contribution is 6.36. The van der Waals surface area contributed by atoms with E-state index in [9.17, 15) is 19.5 Å². The third-order valence-corrected chi connectivity index (χ3v) is 12.4. The Labute approximate surface area is 335 Å². The van der Waals surface area contributed by atoms with Crippen molar-refractivity contribution in [2.24, 2.45) is 23.7 Å². The van der Waals surface area contributed by atoms with Crippen LogP contribution in [0.25, 0.3) is 0 Å². The Morgan fingerprint density at radius 1 is 0.857 bits per heavy atom. The van der Waals surface area contributed by atoms with E-state index in [1.54, 1.807) is 55.6 Å². The van der Waals surface area contributed by atoms with Gasteiger partial charge in [0.2, 0.25) is 11.8 Å². The summed E-state index contributed by atoms with van der Waals surface area (Å²) in [5, 5.41) is 13.6. The number of likely N-dealkylation sites (tertiary alicyclic amines) is 1. The third kappa shape index (κ3) is 5.92. The summed E-state index contributed by atoms with van der Waals surface area (Å²) < 4.78 is 11.6. The molecule has 2 aliphatic carbocycles. The molecule has 2 N–H and O–H groups in total. The molecule has 2 saturated heterocycles. The average molecular weight is 795 g/mol. The third-order valence-electron chi connectivity index (χ3n) is 11.8. The van der Waals surface area contributed by atoms with E-state index in [1.165, 1.54) is 17.0 Å². The van der Waals surface area contributed by atoms with Crippen LogP contribution in [0.3, 0.4) is 0 Å². The van der Waals surface area contributed by atoms with Crippen molar-refractivity contribution in [2.45, 2.75) is 57.1 Å². The van der Waals surface area contributed by atoms with Crippen LogP contribution in [0.4, 0.5) is 5.69 Å². The molecule has 6 atom stereocenters. The predicted octanol–water partition coefficient (Wildman–Crippen LogP) is 8.07. The molecule has 2 aliphatic heterocycles. The molecule has 288 valence electrons. The number of anilines is 1. The zero-order valence-electron chi connectivity index (χ0n) is 31.3. The quantitative estimate of drug-likeness (QED) is 0.136. The number of fused-ring (bicyclic) bond motifs is 4. The number of carbonyl (C=O) groups is 4. The molecular formula is C44H41Cl2N3O7. The number of imide groups is 2. The number of halogens is 2. The molecule has 4 aliphatic rings. The molecule has 2 heterocycles.